The highest BCUT2D eigenvalue weighted by molar-refractivity contribution is 7.89. The number of hydrogen-bond acceptors (Lipinski definition) is 5. The maximum Gasteiger partial charge on any atom is 0.435 e. The van der Waals surface area contributed by atoms with Crippen LogP contribution in [0.25, 0.3) is 0 Å². The van der Waals surface area contributed by atoms with Crippen LogP contribution < -0.4 is 5.32 Å². The Morgan fingerprint density at radius 1 is 1.22 bits per heavy atom. The van der Waals surface area contributed by atoms with Crippen molar-refractivity contribution in [3.05, 3.63) is 68.7 Å². The number of carbonyl (C=O) groups is 1. The SMILES string of the molecule is CCN1CC(CNC(=O)c2ccc(C3=NOC(c4cc(Cl)cc(Cl)c4)(C(F)(F)F)C3)cc2C)CS1(=O)=O. The van der Waals surface area contributed by atoms with Crippen LogP contribution in [0, 0.1) is 12.8 Å². The molecule has 2 heterocycles. The molecule has 2 unspecified atom stereocenters. The van der Waals surface area contributed by atoms with Gasteiger partial charge in [-0.25, -0.2) is 12.7 Å². The maximum atomic E-state index is 14.2. The van der Waals surface area contributed by atoms with Crippen molar-refractivity contribution < 1.29 is 31.2 Å². The summed E-state index contributed by atoms with van der Waals surface area (Å²) in [7, 11) is -3.30. The second kappa shape index (κ2) is 10.1. The first-order valence-corrected chi connectivity index (χ1v) is 13.8. The predicted octanol–water partition coefficient (Wildman–Crippen LogP) is 4.90. The number of halogens is 5. The molecule has 0 aliphatic carbocycles. The van der Waals surface area contributed by atoms with Gasteiger partial charge in [-0.2, -0.15) is 13.2 Å². The average molecular weight is 578 g/mol. The lowest BCUT2D eigenvalue weighted by molar-refractivity contribution is -0.275. The fourth-order valence-electron chi connectivity index (χ4n) is 4.58. The first-order valence-electron chi connectivity index (χ1n) is 11.4. The molecule has 1 amide bonds. The number of benzene rings is 2. The predicted molar refractivity (Wildman–Crippen MR) is 134 cm³/mol. The van der Waals surface area contributed by atoms with Crippen LogP contribution in [0.3, 0.4) is 0 Å². The largest absolute Gasteiger partial charge is 0.435 e. The molecule has 2 aliphatic rings. The van der Waals surface area contributed by atoms with Crippen molar-refractivity contribution in [1.29, 1.82) is 0 Å². The lowest BCUT2D eigenvalue weighted by Gasteiger charge is -2.29. The molecule has 1 fully saturated rings. The molecule has 0 radical (unpaired) electrons. The number of aryl methyl sites for hydroxylation is 1. The maximum absolute atomic E-state index is 14.2. The molecule has 200 valence electrons. The van der Waals surface area contributed by atoms with Crippen molar-refractivity contribution in [2.45, 2.75) is 32.0 Å². The van der Waals surface area contributed by atoms with Crippen LogP contribution >= 0.6 is 23.2 Å². The van der Waals surface area contributed by atoms with E-state index >= 15 is 0 Å². The molecule has 13 heteroatoms. The molecule has 0 spiro atoms. The highest BCUT2D eigenvalue weighted by atomic mass is 35.5. The summed E-state index contributed by atoms with van der Waals surface area (Å²) in [6.45, 7) is 4.32. The van der Waals surface area contributed by atoms with Gasteiger partial charge in [-0.15, -0.1) is 0 Å². The summed E-state index contributed by atoms with van der Waals surface area (Å²) in [6, 6.07) is 8.18. The van der Waals surface area contributed by atoms with Gasteiger partial charge in [-0.3, -0.25) is 4.79 Å². The number of nitrogens with zero attached hydrogens (tertiary/aromatic N) is 2. The van der Waals surface area contributed by atoms with Gasteiger partial charge in [-0.05, 0) is 48.4 Å². The summed E-state index contributed by atoms with van der Waals surface area (Å²) in [5, 5.41) is 6.57. The number of sulfonamides is 1. The Hall–Kier alpha value is -2.34. The molecule has 7 nitrogen and oxygen atoms in total. The Labute approximate surface area is 222 Å². The minimum atomic E-state index is -4.82. The van der Waals surface area contributed by atoms with E-state index in [4.69, 9.17) is 28.0 Å². The average Bonchev–Trinajstić information content (AvgIpc) is 3.38. The third kappa shape index (κ3) is 5.45. The van der Waals surface area contributed by atoms with Crippen LogP contribution in [0.5, 0.6) is 0 Å². The molecule has 1 saturated heterocycles. The van der Waals surface area contributed by atoms with Gasteiger partial charge < -0.3 is 10.2 Å². The minimum absolute atomic E-state index is 0.0301. The second-order valence-corrected chi connectivity index (χ2v) is 12.0. The van der Waals surface area contributed by atoms with E-state index in [0.717, 1.165) is 12.1 Å². The lowest BCUT2D eigenvalue weighted by Crippen LogP contribution is -2.42. The van der Waals surface area contributed by atoms with Crippen LogP contribution in [-0.4, -0.2) is 55.9 Å². The standard InChI is InChI=1S/C24H24Cl2F3N3O4S/c1-3-32-12-15(13-37(32,34)35)11-30-22(33)20-5-4-16(6-14(20)2)21-10-23(36-31-21,24(27,28)29)17-7-18(25)9-19(26)8-17/h4-9,15H,3,10-13H2,1-2H3,(H,30,33). The van der Waals surface area contributed by atoms with E-state index in [1.165, 1.54) is 22.5 Å². The van der Waals surface area contributed by atoms with Crippen LogP contribution in [0.15, 0.2) is 41.6 Å². The van der Waals surface area contributed by atoms with E-state index in [1.54, 1.807) is 19.9 Å². The quantitative estimate of drug-likeness (QED) is 0.529. The fourth-order valence-corrected chi connectivity index (χ4v) is 6.97. The van der Waals surface area contributed by atoms with E-state index in [2.05, 4.69) is 10.5 Å². The van der Waals surface area contributed by atoms with Gasteiger partial charge in [0, 0.05) is 53.1 Å². The third-order valence-corrected chi connectivity index (χ3v) is 9.05. The van der Waals surface area contributed by atoms with Gasteiger partial charge in [0.15, 0.2) is 0 Å². The first-order chi connectivity index (χ1) is 17.3. The Morgan fingerprint density at radius 2 is 1.89 bits per heavy atom. The van der Waals surface area contributed by atoms with Gasteiger partial charge in [0.1, 0.15) is 0 Å². The Kier molecular flexibility index (Phi) is 7.55. The number of hydrogen-bond donors (Lipinski definition) is 1. The zero-order valence-electron chi connectivity index (χ0n) is 19.9. The van der Waals surface area contributed by atoms with Gasteiger partial charge in [0.05, 0.1) is 11.5 Å². The second-order valence-electron chi connectivity index (χ2n) is 9.12. The van der Waals surface area contributed by atoms with E-state index in [-0.39, 0.29) is 39.5 Å². The van der Waals surface area contributed by atoms with Gasteiger partial charge in [-0.1, -0.05) is 41.3 Å². The van der Waals surface area contributed by atoms with Crippen molar-refractivity contribution in [1.82, 2.24) is 9.62 Å². The van der Waals surface area contributed by atoms with Gasteiger partial charge >= 0.3 is 6.18 Å². The van der Waals surface area contributed by atoms with Crippen molar-refractivity contribution in [3.8, 4) is 0 Å². The summed E-state index contributed by atoms with van der Waals surface area (Å²) in [5.41, 5.74) is -1.76. The van der Waals surface area contributed by atoms with Crippen molar-refractivity contribution >= 4 is 44.8 Å². The van der Waals surface area contributed by atoms with Crippen molar-refractivity contribution in [2.75, 3.05) is 25.4 Å². The van der Waals surface area contributed by atoms with Gasteiger partial charge in [0.25, 0.3) is 11.5 Å². The zero-order chi connectivity index (χ0) is 27.2. The first kappa shape index (κ1) is 27.7. The van der Waals surface area contributed by atoms with E-state index in [1.807, 2.05) is 0 Å². The minimum Gasteiger partial charge on any atom is -0.374 e. The fraction of sp³-hybridized carbons (Fsp3) is 0.417. The van der Waals surface area contributed by atoms with E-state index < -0.39 is 34.1 Å². The van der Waals surface area contributed by atoms with Crippen LogP contribution in [0.1, 0.15) is 40.4 Å². The lowest BCUT2D eigenvalue weighted by atomic mass is 9.86. The molecule has 0 bridgehead atoms. The molecule has 0 aromatic heterocycles. The van der Waals surface area contributed by atoms with Crippen LogP contribution in [0.4, 0.5) is 13.2 Å². The Morgan fingerprint density at radius 3 is 2.46 bits per heavy atom. The van der Waals surface area contributed by atoms with Gasteiger partial charge in [0.2, 0.25) is 10.0 Å². The summed E-state index contributed by atoms with van der Waals surface area (Å²) in [5.74, 6) is -0.661. The number of amides is 1. The third-order valence-electron chi connectivity index (χ3n) is 6.52. The number of rotatable bonds is 6. The Balaban J connectivity index is 1.49. The zero-order valence-corrected chi connectivity index (χ0v) is 22.2. The smallest absolute Gasteiger partial charge is 0.374 e. The topological polar surface area (TPSA) is 88.1 Å². The van der Waals surface area contributed by atoms with Crippen LogP contribution in [-0.2, 0) is 20.5 Å². The molecule has 2 aliphatic heterocycles. The van der Waals surface area contributed by atoms with Crippen molar-refractivity contribution in [3.63, 3.8) is 0 Å². The number of alkyl halides is 3. The molecule has 37 heavy (non-hydrogen) atoms. The summed E-state index contributed by atoms with van der Waals surface area (Å²) >= 11 is 11.9. The van der Waals surface area contributed by atoms with Crippen molar-refractivity contribution in [2.24, 2.45) is 11.1 Å². The molecule has 2 aromatic carbocycles. The monoisotopic (exact) mass is 577 g/mol. The van der Waals surface area contributed by atoms with Crippen LogP contribution in [0.2, 0.25) is 10.0 Å². The number of nitrogens with one attached hydrogen (secondary N) is 1. The summed E-state index contributed by atoms with van der Waals surface area (Å²) in [6.07, 6.45) is -5.43. The number of oxime groups is 1. The number of carbonyl (C=O) groups excluding carboxylic acids is 1. The molecule has 1 N–H and O–H groups in total. The normalized spacial score (nSPS) is 23.5. The summed E-state index contributed by atoms with van der Waals surface area (Å²) in [4.78, 5) is 17.8. The highest BCUT2D eigenvalue weighted by Crippen LogP contribution is 2.49. The molecule has 0 saturated carbocycles. The summed E-state index contributed by atoms with van der Waals surface area (Å²) < 4.78 is 68.2. The molecular weight excluding hydrogens is 554 g/mol. The van der Waals surface area contributed by atoms with E-state index in [0.29, 0.717) is 29.8 Å². The highest BCUT2D eigenvalue weighted by Gasteiger charge is 2.62. The molecule has 4 rings (SSSR count). The Bertz CT molecular complexity index is 1350. The molecule has 2 aromatic rings. The molecular formula is C24H24Cl2F3N3O4S. The molecule has 2 atom stereocenters. The van der Waals surface area contributed by atoms with E-state index in [9.17, 15) is 26.4 Å².